The van der Waals surface area contributed by atoms with Gasteiger partial charge in [-0.05, 0) is 104 Å². The molecule has 0 radical (unpaired) electrons. The maximum Gasteiger partial charge on any atom is 0.304 e. The number of nitrogens with one attached hydrogen (secondary N) is 1. The minimum atomic E-state index is -0.820. The van der Waals surface area contributed by atoms with Gasteiger partial charge in [0.15, 0.2) is 0 Å². The zero-order valence-electron chi connectivity index (χ0n) is 24.7. The van der Waals surface area contributed by atoms with E-state index in [1.807, 2.05) is 32.2 Å². The summed E-state index contributed by atoms with van der Waals surface area (Å²) in [4.78, 5) is 14.9. The van der Waals surface area contributed by atoms with Crippen LogP contribution in [0.15, 0.2) is 48.5 Å². The highest BCUT2D eigenvalue weighted by atomic mass is 19.1. The van der Waals surface area contributed by atoms with Gasteiger partial charge in [-0.2, -0.15) is 0 Å². The summed E-state index contributed by atoms with van der Waals surface area (Å²) >= 11 is 0. The quantitative estimate of drug-likeness (QED) is 0.320. The number of nitrogens with zero attached hydrogens (tertiary/aromatic N) is 4. The number of hydrogen-bond acceptors (Lipinski definition) is 5. The number of piperazine rings is 1. The molecule has 1 aliphatic heterocycles. The fraction of sp³-hybridized carbons (Fsp3) is 0.441. The van der Waals surface area contributed by atoms with Crippen molar-refractivity contribution in [3.05, 3.63) is 93.3 Å². The topological polar surface area (TPSA) is 83.3 Å². The number of aliphatic carboxylic acids is 1. The Balaban J connectivity index is 1.27. The average molecular weight is 568 g/mol. The van der Waals surface area contributed by atoms with Gasteiger partial charge in [0.05, 0.1) is 11.9 Å². The van der Waals surface area contributed by atoms with Crippen molar-refractivity contribution in [1.82, 2.24) is 25.2 Å². The molecule has 0 saturated carbocycles. The molecule has 1 aromatic heterocycles. The van der Waals surface area contributed by atoms with E-state index >= 15 is 0 Å². The first-order valence-electron chi connectivity index (χ1n) is 15.0. The highest BCUT2D eigenvalue weighted by molar-refractivity contribution is 5.80. The second-order valence-electron chi connectivity index (χ2n) is 13.2. The largest absolute Gasteiger partial charge is 0.481 e. The number of carboxylic acid groups (broad SMARTS) is 1. The molecule has 0 amide bonds. The third kappa shape index (κ3) is 4.52. The van der Waals surface area contributed by atoms with Crippen molar-refractivity contribution < 1.29 is 14.3 Å². The van der Waals surface area contributed by atoms with Gasteiger partial charge in [0.25, 0.3) is 0 Å². The number of aromatic nitrogens is 3. The maximum atomic E-state index is 14.1. The second-order valence-corrected chi connectivity index (χ2v) is 13.2. The van der Waals surface area contributed by atoms with Crippen LogP contribution in [0.5, 0.6) is 0 Å². The third-order valence-electron chi connectivity index (χ3n) is 9.94. The molecule has 2 aliphatic carbocycles. The minimum Gasteiger partial charge on any atom is -0.481 e. The van der Waals surface area contributed by atoms with Gasteiger partial charge in [0, 0.05) is 43.2 Å². The van der Waals surface area contributed by atoms with Crippen LogP contribution in [0.4, 0.5) is 4.39 Å². The summed E-state index contributed by atoms with van der Waals surface area (Å²) < 4.78 is 15.8. The standard InChI is InChI=1S/C34H38FN5O2/c1-19-24(11-14-29-32(19)37-38-39(29)4)26(17-31(41)42)22-6-5-20-7-12-28(27(20)16-22)40-18-34(2,3)36-33-25-10-9-23(35)15-21(25)8-13-30(33)40/h5-6,9-11,14-16,26,28,30,33,36H,7-8,12-13,17-18H2,1-4H3,(H,41,42). The molecule has 1 fully saturated rings. The molecule has 8 heteroatoms. The van der Waals surface area contributed by atoms with Crippen LogP contribution in [0, 0.1) is 12.7 Å². The van der Waals surface area contributed by atoms with E-state index in [4.69, 9.17) is 0 Å². The maximum absolute atomic E-state index is 14.1. The van der Waals surface area contributed by atoms with Crippen LogP contribution < -0.4 is 5.32 Å². The molecule has 2 N–H and O–H groups in total. The highest BCUT2D eigenvalue weighted by Gasteiger charge is 2.46. The van der Waals surface area contributed by atoms with Gasteiger partial charge >= 0.3 is 5.97 Å². The number of aryl methyl sites for hydroxylation is 4. The van der Waals surface area contributed by atoms with Crippen molar-refractivity contribution in [3.8, 4) is 0 Å². The summed E-state index contributed by atoms with van der Waals surface area (Å²) in [6.45, 7) is 7.45. The van der Waals surface area contributed by atoms with Gasteiger partial charge in [-0.15, -0.1) is 5.10 Å². The number of rotatable bonds is 5. The van der Waals surface area contributed by atoms with Crippen LogP contribution in [-0.4, -0.2) is 49.1 Å². The number of fused-ring (bicyclic) bond motifs is 5. The summed E-state index contributed by atoms with van der Waals surface area (Å²) in [6, 6.07) is 16.7. The lowest BCUT2D eigenvalue weighted by Gasteiger charge is -2.54. The molecule has 7 nitrogen and oxygen atoms in total. The Kier molecular flexibility index (Phi) is 6.47. The van der Waals surface area contributed by atoms with Crippen molar-refractivity contribution >= 4 is 17.0 Å². The first-order valence-corrected chi connectivity index (χ1v) is 15.0. The Hall–Kier alpha value is -3.62. The molecule has 4 aromatic rings. The van der Waals surface area contributed by atoms with Gasteiger partial charge in [-0.3, -0.25) is 9.69 Å². The second kappa shape index (κ2) is 9.99. The van der Waals surface area contributed by atoms with Crippen LogP contribution in [0.3, 0.4) is 0 Å². The number of benzene rings is 3. The van der Waals surface area contributed by atoms with Crippen molar-refractivity contribution in [2.24, 2.45) is 7.05 Å². The van der Waals surface area contributed by atoms with Crippen LogP contribution in [0.25, 0.3) is 11.0 Å². The van der Waals surface area contributed by atoms with E-state index in [-0.39, 0.29) is 35.8 Å². The SMILES string of the molecule is Cc1c(C(CC(=O)O)c2ccc3c(c2)C(N2CC(C)(C)NC4c5ccc(F)cc5CCC42)CC3)ccc2c1nnn2C. The predicted molar refractivity (Wildman–Crippen MR) is 160 cm³/mol. The molecule has 0 bridgehead atoms. The van der Waals surface area contributed by atoms with E-state index in [2.05, 4.69) is 52.6 Å². The van der Waals surface area contributed by atoms with E-state index < -0.39 is 5.97 Å². The molecule has 4 unspecified atom stereocenters. The summed E-state index contributed by atoms with van der Waals surface area (Å²) in [5, 5.41) is 22.4. The predicted octanol–water partition coefficient (Wildman–Crippen LogP) is 5.75. The monoisotopic (exact) mass is 567 g/mol. The molecule has 0 spiro atoms. The number of halogens is 1. The van der Waals surface area contributed by atoms with Crippen LogP contribution in [0.1, 0.15) is 90.1 Å². The van der Waals surface area contributed by atoms with Gasteiger partial charge in [-0.1, -0.05) is 35.5 Å². The molecular formula is C34H38FN5O2. The fourth-order valence-corrected chi connectivity index (χ4v) is 8.05. The fourth-order valence-electron chi connectivity index (χ4n) is 8.05. The lowest BCUT2D eigenvalue weighted by molar-refractivity contribution is -0.137. The summed E-state index contributed by atoms with van der Waals surface area (Å²) in [7, 11) is 1.87. The van der Waals surface area contributed by atoms with E-state index in [1.165, 1.54) is 16.7 Å². The van der Waals surface area contributed by atoms with Crippen molar-refractivity contribution in [2.75, 3.05) is 6.54 Å². The van der Waals surface area contributed by atoms with Gasteiger partial charge < -0.3 is 10.4 Å². The average Bonchev–Trinajstić information content (AvgIpc) is 3.54. The Morgan fingerprint density at radius 2 is 1.90 bits per heavy atom. The lowest BCUT2D eigenvalue weighted by Crippen LogP contribution is -2.64. The van der Waals surface area contributed by atoms with Crippen molar-refractivity contribution in [1.29, 1.82) is 0 Å². The molecule has 4 atom stereocenters. The Bertz CT molecular complexity index is 1710. The van der Waals surface area contributed by atoms with Gasteiger partial charge in [0.2, 0.25) is 0 Å². The van der Waals surface area contributed by atoms with E-state index in [9.17, 15) is 14.3 Å². The van der Waals surface area contributed by atoms with Gasteiger partial charge in [-0.25, -0.2) is 9.07 Å². The third-order valence-corrected chi connectivity index (χ3v) is 9.94. The van der Waals surface area contributed by atoms with Crippen LogP contribution in [0.2, 0.25) is 0 Å². The number of carboxylic acids is 1. The van der Waals surface area contributed by atoms with Crippen LogP contribution >= 0.6 is 0 Å². The molecule has 7 rings (SSSR count). The van der Waals surface area contributed by atoms with Crippen molar-refractivity contribution in [2.45, 2.75) is 82.5 Å². The highest BCUT2D eigenvalue weighted by Crippen LogP contribution is 2.46. The zero-order chi connectivity index (χ0) is 29.3. The van der Waals surface area contributed by atoms with Crippen molar-refractivity contribution in [3.63, 3.8) is 0 Å². The smallest absolute Gasteiger partial charge is 0.304 e. The molecule has 3 aromatic carbocycles. The molecule has 42 heavy (non-hydrogen) atoms. The summed E-state index contributed by atoms with van der Waals surface area (Å²) in [6.07, 6.45) is 3.92. The molecule has 218 valence electrons. The zero-order valence-corrected chi connectivity index (χ0v) is 24.7. The van der Waals surface area contributed by atoms with E-state index in [1.54, 1.807) is 16.8 Å². The Labute approximate surface area is 245 Å². The van der Waals surface area contributed by atoms with E-state index in [0.29, 0.717) is 6.04 Å². The van der Waals surface area contributed by atoms with E-state index in [0.717, 1.165) is 65.5 Å². The first-order chi connectivity index (χ1) is 20.1. The van der Waals surface area contributed by atoms with Crippen LogP contribution in [-0.2, 0) is 24.7 Å². The number of carbonyl (C=O) groups is 1. The Morgan fingerprint density at radius 1 is 1.10 bits per heavy atom. The summed E-state index contributed by atoms with van der Waals surface area (Å²) in [5.74, 6) is -1.27. The first kappa shape index (κ1) is 27.2. The van der Waals surface area contributed by atoms with Gasteiger partial charge in [0.1, 0.15) is 11.3 Å². The Morgan fingerprint density at radius 3 is 2.71 bits per heavy atom. The molecule has 2 heterocycles. The molecule has 1 saturated heterocycles. The summed E-state index contributed by atoms with van der Waals surface area (Å²) in [5.41, 5.74) is 9.64. The normalized spacial score (nSPS) is 23.8. The molecule has 3 aliphatic rings. The minimum absolute atomic E-state index is 0.00870. The lowest BCUT2D eigenvalue weighted by atomic mass is 9.78. The number of hydrogen-bond donors (Lipinski definition) is 2. The molecular weight excluding hydrogens is 529 g/mol.